The number of hydrogen-bond donors (Lipinski definition) is 2. The summed E-state index contributed by atoms with van der Waals surface area (Å²) in [5.74, 6) is -0.512. The van der Waals surface area contributed by atoms with Gasteiger partial charge in [0.1, 0.15) is 0 Å². The highest BCUT2D eigenvalue weighted by atomic mass is 16.4. The predicted molar refractivity (Wildman–Crippen MR) is 67.2 cm³/mol. The summed E-state index contributed by atoms with van der Waals surface area (Å²) in [6.45, 7) is 3.12. The molecule has 5 nitrogen and oxygen atoms in total. The summed E-state index contributed by atoms with van der Waals surface area (Å²) in [6.07, 6.45) is 4.22. The summed E-state index contributed by atoms with van der Waals surface area (Å²) in [5.41, 5.74) is 0. The fraction of sp³-hybridized carbons (Fsp3) is 0.846. The van der Waals surface area contributed by atoms with Gasteiger partial charge < -0.3 is 15.3 Å². The van der Waals surface area contributed by atoms with Crippen LogP contribution in [0.2, 0.25) is 0 Å². The molecule has 2 heterocycles. The second-order valence-corrected chi connectivity index (χ2v) is 5.41. The van der Waals surface area contributed by atoms with Gasteiger partial charge in [0.2, 0.25) is 5.91 Å². The first kappa shape index (κ1) is 13.3. The van der Waals surface area contributed by atoms with Crippen molar-refractivity contribution in [3.8, 4) is 0 Å². The van der Waals surface area contributed by atoms with Crippen molar-refractivity contribution in [1.29, 1.82) is 0 Å². The summed E-state index contributed by atoms with van der Waals surface area (Å²) in [5, 5.41) is 12.3. The van der Waals surface area contributed by atoms with Crippen LogP contribution in [0.5, 0.6) is 0 Å². The normalized spacial score (nSPS) is 26.0. The summed E-state index contributed by atoms with van der Waals surface area (Å²) in [7, 11) is 0. The molecule has 18 heavy (non-hydrogen) atoms. The Bertz CT molecular complexity index is 313. The summed E-state index contributed by atoms with van der Waals surface area (Å²) >= 11 is 0. The maximum Gasteiger partial charge on any atom is 0.308 e. The van der Waals surface area contributed by atoms with Gasteiger partial charge in [0.15, 0.2) is 0 Å². The molecule has 5 heteroatoms. The average molecular weight is 254 g/mol. The van der Waals surface area contributed by atoms with E-state index < -0.39 is 5.97 Å². The molecule has 1 amide bonds. The molecular weight excluding hydrogens is 232 g/mol. The average Bonchev–Trinajstić information content (AvgIpc) is 2.40. The number of carboxylic acids is 1. The number of carbonyl (C=O) groups excluding carboxylic acids is 1. The van der Waals surface area contributed by atoms with Crippen molar-refractivity contribution < 1.29 is 14.7 Å². The lowest BCUT2D eigenvalue weighted by Crippen LogP contribution is -2.43. The minimum atomic E-state index is -0.769. The van der Waals surface area contributed by atoms with E-state index in [-0.39, 0.29) is 11.8 Å². The molecule has 0 spiro atoms. The summed E-state index contributed by atoms with van der Waals surface area (Å²) in [6, 6.07) is 0. The van der Waals surface area contributed by atoms with E-state index in [1.165, 1.54) is 0 Å². The van der Waals surface area contributed by atoms with Crippen LogP contribution in [0.4, 0.5) is 0 Å². The van der Waals surface area contributed by atoms with Crippen molar-refractivity contribution in [2.24, 2.45) is 11.8 Å². The molecule has 0 bridgehead atoms. The number of hydrogen-bond acceptors (Lipinski definition) is 3. The molecule has 2 rings (SSSR count). The van der Waals surface area contributed by atoms with Crippen LogP contribution in [0.25, 0.3) is 0 Å². The molecule has 1 atom stereocenters. The highest BCUT2D eigenvalue weighted by molar-refractivity contribution is 5.78. The molecule has 102 valence electrons. The Morgan fingerprint density at radius 3 is 2.61 bits per heavy atom. The number of carbonyl (C=O) groups is 2. The minimum Gasteiger partial charge on any atom is -0.481 e. The number of aliphatic carboxylic acids is 1. The zero-order chi connectivity index (χ0) is 13.0. The minimum absolute atomic E-state index is 0.146. The highest BCUT2D eigenvalue weighted by Gasteiger charge is 2.29. The molecule has 0 radical (unpaired) electrons. The second-order valence-electron chi connectivity index (χ2n) is 5.41. The first-order chi connectivity index (χ1) is 8.66. The molecule has 2 aliphatic rings. The maximum atomic E-state index is 12.1. The van der Waals surface area contributed by atoms with E-state index in [2.05, 4.69) is 5.32 Å². The van der Waals surface area contributed by atoms with Gasteiger partial charge in [0, 0.05) is 19.5 Å². The van der Waals surface area contributed by atoms with Crippen LogP contribution in [-0.2, 0) is 9.59 Å². The van der Waals surface area contributed by atoms with E-state index in [0.29, 0.717) is 25.3 Å². The molecule has 0 saturated carbocycles. The fourth-order valence-corrected chi connectivity index (χ4v) is 2.87. The largest absolute Gasteiger partial charge is 0.481 e. The summed E-state index contributed by atoms with van der Waals surface area (Å²) in [4.78, 5) is 24.9. The number of amides is 1. The van der Waals surface area contributed by atoms with Gasteiger partial charge in [-0.3, -0.25) is 9.59 Å². The number of piperidine rings is 2. The smallest absolute Gasteiger partial charge is 0.308 e. The van der Waals surface area contributed by atoms with E-state index in [4.69, 9.17) is 5.11 Å². The molecule has 2 saturated heterocycles. The molecule has 2 fully saturated rings. The lowest BCUT2D eigenvalue weighted by atomic mass is 9.92. The molecule has 0 aliphatic carbocycles. The number of nitrogens with one attached hydrogen (secondary N) is 1. The van der Waals surface area contributed by atoms with Crippen LogP contribution in [0.3, 0.4) is 0 Å². The molecular formula is C13H22N2O3. The quantitative estimate of drug-likeness (QED) is 0.778. The van der Waals surface area contributed by atoms with Gasteiger partial charge in [-0.25, -0.2) is 0 Å². The molecule has 0 aromatic carbocycles. The van der Waals surface area contributed by atoms with Gasteiger partial charge in [-0.1, -0.05) is 0 Å². The van der Waals surface area contributed by atoms with Gasteiger partial charge in [-0.2, -0.15) is 0 Å². The van der Waals surface area contributed by atoms with Crippen molar-refractivity contribution in [3.05, 3.63) is 0 Å². The van der Waals surface area contributed by atoms with Crippen molar-refractivity contribution in [2.75, 3.05) is 26.2 Å². The Balaban J connectivity index is 1.82. The van der Waals surface area contributed by atoms with Crippen LogP contribution in [0.1, 0.15) is 32.1 Å². The van der Waals surface area contributed by atoms with Crippen LogP contribution >= 0.6 is 0 Å². The SMILES string of the molecule is O=C(O)[C@H]1CCCN(C(=O)CC2CCNCC2)C1. The lowest BCUT2D eigenvalue weighted by Gasteiger charge is -2.32. The lowest BCUT2D eigenvalue weighted by molar-refractivity contribution is -0.145. The van der Waals surface area contributed by atoms with Gasteiger partial charge >= 0.3 is 5.97 Å². The van der Waals surface area contributed by atoms with Gasteiger partial charge in [0.25, 0.3) is 0 Å². The van der Waals surface area contributed by atoms with E-state index in [1.807, 2.05) is 0 Å². The first-order valence-electron chi connectivity index (χ1n) is 6.88. The fourth-order valence-electron chi connectivity index (χ4n) is 2.87. The van der Waals surface area contributed by atoms with Crippen molar-refractivity contribution in [3.63, 3.8) is 0 Å². The van der Waals surface area contributed by atoms with E-state index in [0.717, 1.165) is 38.9 Å². The van der Waals surface area contributed by atoms with E-state index in [1.54, 1.807) is 4.90 Å². The van der Waals surface area contributed by atoms with Crippen LogP contribution in [-0.4, -0.2) is 48.1 Å². The van der Waals surface area contributed by atoms with Crippen molar-refractivity contribution in [1.82, 2.24) is 10.2 Å². The van der Waals surface area contributed by atoms with Crippen LogP contribution in [0, 0.1) is 11.8 Å². The van der Waals surface area contributed by atoms with Gasteiger partial charge in [-0.15, -0.1) is 0 Å². The Morgan fingerprint density at radius 2 is 1.94 bits per heavy atom. The Labute approximate surface area is 108 Å². The monoisotopic (exact) mass is 254 g/mol. The van der Waals surface area contributed by atoms with Crippen LogP contribution in [0.15, 0.2) is 0 Å². The number of nitrogens with zero attached hydrogens (tertiary/aromatic N) is 1. The zero-order valence-corrected chi connectivity index (χ0v) is 10.7. The number of likely N-dealkylation sites (tertiary alicyclic amines) is 1. The predicted octanol–water partition coefficient (Wildman–Crippen LogP) is 0.699. The zero-order valence-electron chi connectivity index (χ0n) is 10.7. The topological polar surface area (TPSA) is 69.6 Å². The molecule has 0 aromatic rings. The summed E-state index contributed by atoms with van der Waals surface area (Å²) < 4.78 is 0. The van der Waals surface area contributed by atoms with Crippen molar-refractivity contribution >= 4 is 11.9 Å². The third-order valence-electron chi connectivity index (χ3n) is 4.05. The van der Waals surface area contributed by atoms with E-state index >= 15 is 0 Å². The highest BCUT2D eigenvalue weighted by Crippen LogP contribution is 2.21. The number of carboxylic acid groups (broad SMARTS) is 1. The van der Waals surface area contributed by atoms with Gasteiger partial charge in [-0.05, 0) is 44.7 Å². The Hall–Kier alpha value is -1.10. The van der Waals surface area contributed by atoms with Crippen molar-refractivity contribution in [2.45, 2.75) is 32.1 Å². The third kappa shape index (κ3) is 3.45. The molecule has 2 N–H and O–H groups in total. The second kappa shape index (κ2) is 6.18. The standard InChI is InChI=1S/C13H22N2O3/c16-12(8-10-3-5-14-6-4-10)15-7-1-2-11(9-15)13(17)18/h10-11,14H,1-9H2,(H,17,18)/t11-/m0/s1. The van der Waals surface area contributed by atoms with E-state index in [9.17, 15) is 9.59 Å². The Morgan fingerprint density at radius 1 is 1.22 bits per heavy atom. The number of rotatable bonds is 3. The van der Waals surface area contributed by atoms with Gasteiger partial charge in [0.05, 0.1) is 5.92 Å². The van der Waals surface area contributed by atoms with Crippen LogP contribution < -0.4 is 5.32 Å². The first-order valence-corrected chi connectivity index (χ1v) is 6.88. The third-order valence-corrected chi connectivity index (χ3v) is 4.05. The molecule has 0 unspecified atom stereocenters. The maximum absolute atomic E-state index is 12.1. The Kier molecular flexibility index (Phi) is 4.58. The molecule has 2 aliphatic heterocycles. The molecule has 0 aromatic heterocycles.